The quantitative estimate of drug-likeness (QED) is 0.800. The standard InChI is InChI=1S/C22H31FN2O2/c1-15(2)21(26)24-12-9-17(10-13-24)22(27)25-11-5-4-6-20(25)19-8-7-18(23)14-16(19)3/h7-8,14-15,17,20H,4-6,9-13H2,1-3H3. The first-order valence-electron chi connectivity index (χ1n) is 10.2. The first kappa shape index (κ1) is 19.8. The highest BCUT2D eigenvalue weighted by molar-refractivity contribution is 5.81. The summed E-state index contributed by atoms with van der Waals surface area (Å²) in [7, 11) is 0. The predicted octanol–water partition coefficient (Wildman–Crippen LogP) is 4.08. The number of hydrogen-bond donors (Lipinski definition) is 0. The van der Waals surface area contributed by atoms with Crippen LogP contribution >= 0.6 is 0 Å². The van der Waals surface area contributed by atoms with Crippen LogP contribution in [0.15, 0.2) is 18.2 Å². The molecule has 0 aliphatic carbocycles. The molecule has 0 spiro atoms. The van der Waals surface area contributed by atoms with Gasteiger partial charge in [0.1, 0.15) is 5.82 Å². The molecule has 1 unspecified atom stereocenters. The Balaban J connectivity index is 1.70. The van der Waals surface area contributed by atoms with Crippen molar-refractivity contribution in [3.05, 3.63) is 35.1 Å². The Bertz CT molecular complexity index is 696. The molecule has 1 atom stereocenters. The fraction of sp³-hybridized carbons (Fsp3) is 0.636. The van der Waals surface area contributed by atoms with Gasteiger partial charge in [-0.05, 0) is 62.3 Å². The van der Waals surface area contributed by atoms with E-state index in [1.54, 1.807) is 6.07 Å². The fourth-order valence-electron chi connectivity index (χ4n) is 4.48. The SMILES string of the molecule is Cc1cc(F)ccc1C1CCCCN1C(=O)C1CCN(C(=O)C(C)C)CC1. The molecule has 2 heterocycles. The average Bonchev–Trinajstić information content (AvgIpc) is 2.67. The second-order valence-electron chi connectivity index (χ2n) is 8.30. The van der Waals surface area contributed by atoms with Crippen molar-refractivity contribution in [1.29, 1.82) is 0 Å². The average molecular weight is 375 g/mol. The molecule has 1 aromatic rings. The summed E-state index contributed by atoms with van der Waals surface area (Å²) in [6.07, 6.45) is 4.52. The lowest BCUT2D eigenvalue weighted by Gasteiger charge is -2.41. The van der Waals surface area contributed by atoms with Gasteiger partial charge in [-0.15, -0.1) is 0 Å². The van der Waals surface area contributed by atoms with Gasteiger partial charge in [0.15, 0.2) is 0 Å². The number of hydrogen-bond acceptors (Lipinski definition) is 2. The molecule has 5 heteroatoms. The van der Waals surface area contributed by atoms with Crippen LogP contribution in [0.2, 0.25) is 0 Å². The van der Waals surface area contributed by atoms with E-state index in [-0.39, 0.29) is 35.5 Å². The van der Waals surface area contributed by atoms with Crippen LogP contribution in [0.3, 0.4) is 0 Å². The Hall–Kier alpha value is -1.91. The second-order valence-corrected chi connectivity index (χ2v) is 8.30. The summed E-state index contributed by atoms with van der Waals surface area (Å²) in [6.45, 7) is 7.87. The molecule has 2 aliphatic heterocycles. The van der Waals surface area contributed by atoms with Gasteiger partial charge in [0.2, 0.25) is 11.8 Å². The zero-order chi connectivity index (χ0) is 19.6. The lowest BCUT2D eigenvalue weighted by Crippen LogP contribution is -2.47. The van der Waals surface area contributed by atoms with Gasteiger partial charge in [-0.2, -0.15) is 0 Å². The Kier molecular flexibility index (Phi) is 6.18. The van der Waals surface area contributed by atoms with Crippen LogP contribution in [0.1, 0.15) is 63.1 Å². The lowest BCUT2D eigenvalue weighted by atomic mass is 9.88. The third-order valence-corrected chi connectivity index (χ3v) is 6.03. The van der Waals surface area contributed by atoms with Crippen LogP contribution in [-0.2, 0) is 9.59 Å². The van der Waals surface area contributed by atoms with Crippen molar-refractivity contribution >= 4 is 11.8 Å². The highest BCUT2D eigenvalue weighted by Gasteiger charge is 2.35. The van der Waals surface area contributed by atoms with Crippen LogP contribution in [0.5, 0.6) is 0 Å². The van der Waals surface area contributed by atoms with Gasteiger partial charge in [-0.25, -0.2) is 4.39 Å². The predicted molar refractivity (Wildman–Crippen MR) is 104 cm³/mol. The molecule has 4 nitrogen and oxygen atoms in total. The minimum Gasteiger partial charge on any atom is -0.342 e. The number of benzene rings is 1. The fourth-order valence-corrected chi connectivity index (χ4v) is 4.48. The number of carbonyl (C=O) groups is 2. The summed E-state index contributed by atoms with van der Waals surface area (Å²) in [5, 5.41) is 0. The summed E-state index contributed by atoms with van der Waals surface area (Å²) >= 11 is 0. The largest absolute Gasteiger partial charge is 0.342 e. The molecule has 0 saturated carbocycles. The smallest absolute Gasteiger partial charge is 0.226 e. The van der Waals surface area contributed by atoms with E-state index in [2.05, 4.69) is 0 Å². The van der Waals surface area contributed by atoms with Crippen molar-refractivity contribution in [2.45, 2.75) is 58.9 Å². The number of rotatable bonds is 3. The third-order valence-electron chi connectivity index (χ3n) is 6.03. The topological polar surface area (TPSA) is 40.6 Å². The molecule has 0 N–H and O–H groups in total. The van der Waals surface area contributed by atoms with E-state index in [0.29, 0.717) is 13.1 Å². The number of amides is 2. The molecular weight excluding hydrogens is 343 g/mol. The molecule has 2 saturated heterocycles. The summed E-state index contributed by atoms with van der Waals surface area (Å²) in [5.41, 5.74) is 1.98. The highest BCUT2D eigenvalue weighted by atomic mass is 19.1. The van der Waals surface area contributed by atoms with Crippen molar-refractivity contribution in [3.63, 3.8) is 0 Å². The molecule has 2 fully saturated rings. The van der Waals surface area contributed by atoms with Gasteiger partial charge < -0.3 is 9.80 Å². The normalized spacial score (nSPS) is 21.6. The van der Waals surface area contributed by atoms with E-state index in [0.717, 1.165) is 49.8 Å². The molecular formula is C22H31FN2O2. The van der Waals surface area contributed by atoms with E-state index in [1.165, 1.54) is 6.07 Å². The zero-order valence-corrected chi connectivity index (χ0v) is 16.7. The van der Waals surface area contributed by atoms with E-state index >= 15 is 0 Å². The summed E-state index contributed by atoms with van der Waals surface area (Å²) in [4.78, 5) is 29.4. The first-order chi connectivity index (χ1) is 12.9. The highest BCUT2D eigenvalue weighted by Crippen LogP contribution is 2.35. The second kappa shape index (κ2) is 8.41. The van der Waals surface area contributed by atoms with Crippen LogP contribution in [0.4, 0.5) is 4.39 Å². The Morgan fingerprint density at radius 2 is 1.78 bits per heavy atom. The summed E-state index contributed by atoms with van der Waals surface area (Å²) < 4.78 is 13.5. The maximum atomic E-state index is 13.5. The number of piperidine rings is 2. The van der Waals surface area contributed by atoms with Crippen LogP contribution in [0, 0.1) is 24.6 Å². The van der Waals surface area contributed by atoms with Gasteiger partial charge in [0.25, 0.3) is 0 Å². The van der Waals surface area contributed by atoms with Crippen molar-refractivity contribution in [1.82, 2.24) is 9.80 Å². The molecule has 3 rings (SSSR count). The minimum absolute atomic E-state index is 0.00479. The molecule has 2 amide bonds. The van der Waals surface area contributed by atoms with Crippen LogP contribution in [-0.4, -0.2) is 41.2 Å². The Morgan fingerprint density at radius 3 is 2.41 bits per heavy atom. The Morgan fingerprint density at radius 1 is 1.07 bits per heavy atom. The van der Waals surface area contributed by atoms with E-state index in [9.17, 15) is 14.0 Å². The first-order valence-corrected chi connectivity index (χ1v) is 10.2. The van der Waals surface area contributed by atoms with E-state index in [1.807, 2.05) is 36.6 Å². The molecule has 0 aromatic heterocycles. The van der Waals surface area contributed by atoms with E-state index in [4.69, 9.17) is 0 Å². The van der Waals surface area contributed by atoms with Gasteiger partial charge in [-0.1, -0.05) is 19.9 Å². The molecule has 2 aliphatic rings. The van der Waals surface area contributed by atoms with Crippen LogP contribution < -0.4 is 0 Å². The van der Waals surface area contributed by atoms with Gasteiger partial charge in [0.05, 0.1) is 6.04 Å². The van der Waals surface area contributed by atoms with Crippen molar-refractivity contribution in [3.8, 4) is 0 Å². The molecule has 0 radical (unpaired) electrons. The summed E-state index contributed by atoms with van der Waals surface area (Å²) in [6, 6.07) is 4.94. The molecule has 1 aromatic carbocycles. The number of likely N-dealkylation sites (tertiary alicyclic amines) is 2. The number of nitrogens with zero attached hydrogens (tertiary/aromatic N) is 2. The monoisotopic (exact) mass is 374 g/mol. The van der Waals surface area contributed by atoms with Gasteiger partial charge in [0, 0.05) is 31.5 Å². The van der Waals surface area contributed by atoms with Crippen molar-refractivity contribution in [2.75, 3.05) is 19.6 Å². The lowest BCUT2D eigenvalue weighted by molar-refractivity contribution is -0.144. The third kappa shape index (κ3) is 4.33. The maximum absolute atomic E-state index is 13.5. The van der Waals surface area contributed by atoms with Gasteiger partial charge >= 0.3 is 0 Å². The number of halogens is 1. The van der Waals surface area contributed by atoms with Crippen molar-refractivity contribution in [2.24, 2.45) is 11.8 Å². The molecule has 148 valence electrons. The van der Waals surface area contributed by atoms with Gasteiger partial charge in [-0.3, -0.25) is 9.59 Å². The molecule has 27 heavy (non-hydrogen) atoms. The number of carbonyl (C=O) groups excluding carboxylic acids is 2. The minimum atomic E-state index is -0.230. The number of aryl methyl sites for hydroxylation is 1. The maximum Gasteiger partial charge on any atom is 0.226 e. The van der Waals surface area contributed by atoms with Crippen LogP contribution in [0.25, 0.3) is 0 Å². The van der Waals surface area contributed by atoms with Crippen molar-refractivity contribution < 1.29 is 14.0 Å². The summed E-state index contributed by atoms with van der Waals surface area (Å²) in [5.74, 6) is 0.152. The van der Waals surface area contributed by atoms with E-state index < -0.39 is 0 Å². The Labute approximate surface area is 161 Å². The molecule has 0 bridgehead atoms. The zero-order valence-electron chi connectivity index (χ0n) is 16.7.